The van der Waals surface area contributed by atoms with Crippen molar-refractivity contribution in [1.29, 1.82) is 0 Å². The molecule has 1 aliphatic heterocycles. The number of rotatable bonds is 5. The Labute approximate surface area is 129 Å². The molecule has 23 heavy (non-hydrogen) atoms. The molecule has 0 spiro atoms. The van der Waals surface area contributed by atoms with Gasteiger partial charge in [-0.15, -0.1) is 0 Å². The van der Waals surface area contributed by atoms with Crippen molar-refractivity contribution in [1.82, 2.24) is 0 Å². The maximum absolute atomic E-state index is 11.0. The summed E-state index contributed by atoms with van der Waals surface area (Å²) in [5, 5.41) is 50.1. The molecule has 11 heteroatoms. The lowest BCUT2D eigenvalue weighted by Crippen LogP contribution is -2.51. The Kier molecular flexibility index (Phi) is 5.05. The first kappa shape index (κ1) is 17.0. The number of hydrogen-bond acceptors (Lipinski definition) is 9. The Balaban J connectivity index is 2.25. The highest BCUT2D eigenvalue weighted by atomic mass is 16.7. The lowest BCUT2D eigenvalue weighted by atomic mass is 10.0. The molecule has 0 bridgehead atoms. The van der Waals surface area contributed by atoms with Crippen LogP contribution in [0.15, 0.2) is 18.2 Å². The molecule has 4 atom stereocenters. The number of benzene rings is 1. The van der Waals surface area contributed by atoms with Gasteiger partial charge in [0.25, 0.3) is 5.69 Å². The second kappa shape index (κ2) is 6.83. The highest BCUT2D eigenvalue weighted by Crippen LogP contribution is 2.33. The summed E-state index contributed by atoms with van der Waals surface area (Å²) in [6, 6.07) is 2.75. The van der Waals surface area contributed by atoms with Gasteiger partial charge in [-0.25, -0.2) is 0 Å². The lowest BCUT2D eigenvalue weighted by Gasteiger charge is -2.35. The maximum Gasteiger partial charge on any atom is 0.317 e. The van der Waals surface area contributed by atoms with Crippen LogP contribution in [0, 0.1) is 20.2 Å². The summed E-state index contributed by atoms with van der Waals surface area (Å²) in [6.07, 6.45) is -4.93. The molecule has 126 valence electrons. The summed E-state index contributed by atoms with van der Waals surface area (Å²) in [5.41, 5.74) is -1.15. The standard InChI is InChI=1S/C12H14N2O9/c15-5-11-8(16)4-9(17)12(23-11)22-10-2-1-6(13(18)19)3-7(10)14(20)21/h1-3,8-9,11-12,15-17H,4-5H2/t8-,9+,11+,12+/m0/s1. The fourth-order valence-corrected chi connectivity index (χ4v) is 2.12. The predicted molar refractivity (Wildman–Crippen MR) is 72.8 cm³/mol. The summed E-state index contributed by atoms with van der Waals surface area (Å²) in [6.45, 7) is -0.532. The van der Waals surface area contributed by atoms with Gasteiger partial charge in [0.2, 0.25) is 12.0 Å². The summed E-state index contributed by atoms with van der Waals surface area (Å²) in [5.74, 6) is -0.335. The molecule has 1 fully saturated rings. The number of nitro groups is 2. The Bertz CT molecular complexity index is 608. The molecule has 1 aromatic carbocycles. The van der Waals surface area contributed by atoms with Crippen LogP contribution in [0.4, 0.5) is 11.4 Å². The van der Waals surface area contributed by atoms with E-state index in [0.717, 1.165) is 18.2 Å². The molecule has 0 saturated carbocycles. The molecule has 0 radical (unpaired) electrons. The van der Waals surface area contributed by atoms with E-state index in [-0.39, 0.29) is 12.2 Å². The van der Waals surface area contributed by atoms with Gasteiger partial charge < -0.3 is 24.8 Å². The molecule has 1 saturated heterocycles. The molecule has 11 nitrogen and oxygen atoms in total. The fraction of sp³-hybridized carbons (Fsp3) is 0.500. The average molecular weight is 330 g/mol. The van der Waals surface area contributed by atoms with E-state index < -0.39 is 52.4 Å². The molecular formula is C12H14N2O9. The van der Waals surface area contributed by atoms with Crippen molar-refractivity contribution in [2.75, 3.05) is 6.61 Å². The van der Waals surface area contributed by atoms with Crippen molar-refractivity contribution in [2.24, 2.45) is 0 Å². The van der Waals surface area contributed by atoms with Crippen molar-refractivity contribution in [3.05, 3.63) is 38.4 Å². The van der Waals surface area contributed by atoms with Crippen LogP contribution in [0.25, 0.3) is 0 Å². The third-order valence-corrected chi connectivity index (χ3v) is 3.31. The monoisotopic (exact) mass is 330 g/mol. The first-order chi connectivity index (χ1) is 10.8. The van der Waals surface area contributed by atoms with Gasteiger partial charge in [0.05, 0.1) is 28.6 Å². The zero-order valence-corrected chi connectivity index (χ0v) is 11.6. The molecule has 0 amide bonds. The second-order valence-electron chi connectivity index (χ2n) is 4.88. The highest BCUT2D eigenvalue weighted by molar-refractivity contribution is 5.53. The maximum atomic E-state index is 11.0. The van der Waals surface area contributed by atoms with E-state index in [0.29, 0.717) is 0 Å². The molecule has 0 aliphatic carbocycles. The second-order valence-corrected chi connectivity index (χ2v) is 4.88. The fourth-order valence-electron chi connectivity index (χ4n) is 2.12. The molecule has 1 aliphatic rings. The van der Waals surface area contributed by atoms with Crippen molar-refractivity contribution in [2.45, 2.75) is 31.0 Å². The summed E-state index contributed by atoms with van der Waals surface area (Å²) >= 11 is 0. The summed E-state index contributed by atoms with van der Waals surface area (Å²) < 4.78 is 10.4. The summed E-state index contributed by atoms with van der Waals surface area (Å²) in [7, 11) is 0. The lowest BCUT2D eigenvalue weighted by molar-refractivity contribution is -0.395. The van der Waals surface area contributed by atoms with Crippen molar-refractivity contribution >= 4 is 11.4 Å². The molecule has 1 aromatic rings. The van der Waals surface area contributed by atoms with Gasteiger partial charge in [0.15, 0.2) is 0 Å². The highest BCUT2D eigenvalue weighted by Gasteiger charge is 2.38. The van der Waals surface area contributed by atoms with Gasteiger partial charge in [0.1, 0.15) is 12.2 Å². The van der Waals surface area contributed by atoms with Gasteiger partial charge >= 0.3 is 5.69 Å². The van der Waals surface area contributed by atoms with Crippen LogP contribution >= 0.6 is 0 Å². The normalized spacial score (nSPS) is 27.4. The van der Waals surface area contributed by atoms with Crippen LogP contribution in [0.1, 0.15) is 6.42 Å². The van der Waals surface area contributed by atoms with E-state index in [9.17, 15) is 30.4 Å². The SMILES string of the molecule is O=[N+]([O-])c1ccc(O[C@@H]2O[C@H](CO)[C@@H](O)C[C@H]2O)c([N+](=O)[O-])c1. The molecule has 2 rings (SSSR count). The predicted octanol–water partition coefficient (Wildman–Crippen LogP) is -0.289. The third-order valence-electron chi connectivity index (χ3n) is 3.31. The zero-order valence-electron chi connectivity index (χ0n) is 11.6. The molecule has 0 unspecified atom stereocenters. The van der Waals surface area contributed by atoms with E-state index in [1.165, 1.54) is 0 Å². The third kappa shape index (κ3) is 3.71. The number of ether oxygens (including phenoxy) is 2. The largest absolute Gasteiger partial charge is 0.455 e. The van der Waals surface area contributed by atoms with Crippen LogP contribution in [-0.2, 0) is 4.74 Å². The van der Waals surface area contributed by atoms with Crippen LogP contribution in [-0.4, -0.2) is 56.4 Å². The van der Waals surface area contributed by atoms with E-state index in [4.69, 9.17) is 14.6 Å². The first-order valence-electron chi connectivity index (χ1n) is 6.55. The van der Waals surface area contributed by atoms with E-state index in [2.05, 4.69) is 0 Å². The number of nitrogens with zero attached hydrogens (tertiary/aromatic N) is 2. The van der Waals surface area contributed by atoms with Gasteiger partial charge in [-0.2, -0.15) is 0 Å². The zero-order chi connectivity index (χ0) is 17.1. The van der Waals surface area contributed by atoms with Crippen molar-refractivity contribution in [3.8, 4) is 5.75 Å². The van der Waals surface area contributed by atoms with Gasteiger partial charge in [-0.1, -0.05) is 0 Å². The molecule has 1 heterocycles. The summed E-state index contributed by atoms with van der Waals surface area (Å²) in [4.78, 5) is 20.0. The van der Waals surface area contributed by atoms with E-state index in [1.807, 2.05) is 0 Å². The minimum atomic E-state index is -1.37. The van der Waals surface area contributed by atoms with E-state index in [1.54, 1.807) is 0 Å². The topological polar surface area (TPSA) is 165 Å². The van der Waals surface area contributed by atoms with Gasteiger partial charge in [0, 0.05) is 12.5 Å². The van der Waals surface area contributed by atoms with Gasteiger partial charge in [-0.3, -0.25) is 20.2 Å². The number of non-ortho nitro benzene ring substituents is 1. The van der Waals surface area contributed by atoms with Crippen molar-refractivity contribution < 1.29 is 34.6 Å². The van der Waals surface area contributed by atoms with Crippen molar-refractivity contribution in [3.63, 3.8) is 0 Å². The molecule has 0 aromatic heterocycles. The van der Waals surface area contributed by atoms with Crippen LogP contribution < -0.4 is 4.74 Å². The van der Waals surface area contributed by atoms with E-state index >= 15 is 0 Å². The van der Waals surface area contributed by atoms with Crippen LogP contribution in [0.2, 0.25) is 0 Å². The average Bonchev–Trinajstić information content (AvgIpc) is 2.49. The Morgan fingerprint density at radius 3 is 2.48 bits per heavy atom. The number of aliphatic hydroxyl groups is 3. The molecular weight excluding hydrogens is 316 g/mol. The Morgan fingerprint density at radius 2 is 1.91 bits per heavy atom. The number of hydrogen-bond donors (Lipinski definition) is 3. The Morgan fingerprint density at radius 1 is 1.22 bits per heavy atom. The van der Waals surface area contributed by atoms with Crippen LogP contribution in [0.3, 0.4) is 0 Å². The Hall–Kier alpha value is -2.34. The number of nitro benzene ring substituents is 2. The quantitative estimate of drug-likeness (QED) is 0.485. The van der Waals surface area contributed by atoms with Crippen LogP contribution in [0.5, 0.6) is 5.75 Å². The minimum Gasteiger partial charge on any atom is -0.455 e. The first-order valence-corrected chi connectivity index (χ1v) is 6.55. The molecule has 3 N–H and O–H groups in total. The number of aliphatic hydroxyl groups excluding tert-OH is 3. The van der Waals surface area contributed by atoms with Gasteiger partial charge in [-0.05, 0) is 6.07 Å². The smallest absolute Gasteiger partial charge is 0.317 e. The minimum absolute atomic E-state index is 0.156.